The van der Waals surface area contributed by atoms with Crippen molar-refractivity contribution in [3.63, 3.8) is 0 Å². The highest BCUT2D eigenvalue weighted by atomic mass is 19.2. The van der Waals surface area contributed by atoms with E-state index in [1.54, 1.807) is 13.0 Å². The van der Waals surface area contributed by atoms with E-state index >= 15 is 0 Å². The van der Waals surface area contributed by atoms with Crippen LogP contribution in [0, 0.1) is 17.0 Å². The topological polar surface area (TPSA) is 9.23 Å². The van der Waals surface area contributed by atoms with Crippen LogP contribution in [0.25, 0.3) is 11.1 Å². The summed E-state index contributed by atoms with van der Waals surface area (Å²) in [5, 5.41) is 0. The van der Waals surface area contributed by atoms with Gasteiger partial charge < -0.3 is 4.74 Å². The molecule has 0 heterocycles. The van der Waals surface area contributed by atoms with Crippen molar-refractivity contribution in [2.75, 3.05) is 6.61 Å². The zero-order valence-corrected chi connectivity index (χ0v) is 17.4. The Bertz CT molecular complexity index is 774. The average molecular weight is 387 g/mol. The molecule has 152 valence electrons. The van der Waals surface area contributed by atoms with E-state index in [1.807, 2.05) is 12.1 Å². The molecule has 1 nitrogen and oxygen atoms in total. The fourth-order valence-corrected chi connectivity index (χ4v) is 4.83. The number of hydrogen-bond donors (Lipinski definition) is 0. The van der Waals surface area contributed by atoms with Crippen LogP contribution in [0.5, 0.6) is 5.75 Å². The Kier molecular flexibility index (Phi) is 6.74. The first-order valence-corrected chi connectivity index (χ1v) is 10.7. The zero-order valence-electron chi connectivity index (χ0n) is 17.4. The van der Waals surface area contributed by atoms with Gasteiger partial charge in [-0.05, 0) is 73.6 Å². The summed E-state index contributed by atoms with van der Waals surface area (Å²) < 4.78 is 33.8. The third-order valence-corrected chi connectivity index (χ3v) is 6.62. The Labute approximate surface area is 168 Å². The minimum absolute atomic E-state index is 0.0333. The molecule has 0 spiro atoms. The first-order valence-electron chi connectivity index (χ1n) is 10.7. The second-order valence-corrected chi connectivity index (χ2v) is 8.17. The molecule has 2 aromatic carbocycles. The minimum atomic E-state index is -0.914. The fourth-order valence-electron chi connectivity index (χ4n) is 4.83. The maximum atomic E-state index is 14.5. The maximum Gasteiger partial charge on any atom is 0.201 e. The van der Waals surface area contributed by atoms with E-state index in [9.17, 15) is 8.78 Å². The monoisotopic (exact) mass is 386 g/mol. The van der Waals surface area contributed by atoms with Gasteiger partial charge >= 0.3 is 0 Å². The molecule has 2 aromatic rings. The van der Waals surface area contributed by atoms with E-state index in [4.69, 9.17) is 4.74 Å². The van der Waals surface area contributed by atoms with Gasteiger partial charge in [0, 0.05) is 5.56 Å². The molecule has 0 atom stereocenters. The lowest BCUT2D eigenvalue weighted by molar-refractivity contribution is 0.150. The Morgan fingerprint density at radius 2 is 1.61 bits per heavy atom. The smallest absolute Gasteiger partial charge is 0.201 e. The van der Waals surface area contributed by atoms with Crippen LogP contribution in [0.2, 0.25) is 0 Å². The third-order valence-electron chi connectivity index (χ3n) is 6.62. The average Bonchev–Trinajstić information content (AvgIpc) is 2.73. The van der Waals surface area contributed by atoms with Gasteiger partial charge in [-0.2, -0.15) is 4.39 Å². The van der Waals surface area contributed by atoms with Crippen LogP contribution in [0.15, 0.2) is 36.4 Å². The molecular weight excluding hydrogens is 354 g/mol. The highest BCUT2D eigenvalue weighted by Gasteiger charge is 2.33. The third kappa shape index (κ3) is 4.24. The van der Waals surface area contributed by atoms with Gasteiger partial charge in [0.1, 0.15) is 0 Å². The molecule has 1 aliphatic rings. The van der Waals surface area contributed by atoms with Crippen molar-refractivity contribution in [2.24, 2.45) is 5.41 Å². The van der Waals surface area contributed by atoms with Crippen LogP contribution >= 0.6 is 0 Å². The van der Waals surface area contributed by atoms with E-state index in [-0.39, 0.29) is 11.3 Å². The first-order chi connectivity index (χ1) is 13.5. The Balaban J connectivity index is 1.74. The Morgan fingerprint density at radius 1 is 0.929 bits per heavy atom. The maximum absolute atomic E-state index is 14.5. The van der Waals surface area contributed by atoms with E-state index in [1.165, 1.54) is 56.6 Å². The predicted octanol–water partition coefficient (Wildman–Crippen LogP) is 7.88. The number of hydrogen-bond acceptors (Lipinski definition) is 1. The van der Waals surface area contributed by atoms with Crippen molar-refractivity contribution in [1.82, 2.24) is 0 Å². The quantitative estimate of drug-likeness (QED) is 0.470. The number of benzene rings is 2. The summed E-state index contributed by atoms with van der Waals surface area (Å²) >= 11 is 0. The van der Waals surface area contributed by atoms with Gasteiger partial charge in [-0.25, -0.2) is 4.39 Å². The lowest BCUT2D eigenvalue weighted by Gasteiger charge is -2.40. The molecule has 0 amide bonds. The zero-order chi connectivity index (χ0) is 20.1. The summed E-state index contributed by atoms with van der Waals surface area (Å²) in [5.41, 5.74) is 2.84. The molecule has 0 bridgehead atoms. The normalized spacial score (nSPS) is 22.2. The first kappa shape index (κ1) is 20.8. The van der Waals surface area contributed by atoms with Crippen molar-refractivity contribution in [2.45, 2.75) is 71.6 Å². The molecule has 3 heteroatoms. The van der Waals surface area contributed by atoms with E-state index in [0.29, 0.717) is 23.5 Å². The number of ether oxygens (including phenoxy) is 1. The standard InChI is InChI=1S/C25H32F2O/c1-4-15-25(5-2)16-13-19(14-17-25)18-7-9-20(10-8-18)21-11-12-22(28-6-3)24(27)23(21)26/h7-12,19H,4-6,13-17H2,1-3H3. The number of halogens is 2. The summed E-state index contributed by atoms with van der Waals surface area (Å²) in [6.45, 7) is 6.67. The van der Waals surface area contributed by atoms with Gasteiger partial charge in [0.2, 0.25) is 5.82 Å². The van der Waals surface area contributed by atoms with Crippen LogP contribution in [-0.2, 0) is 0 Å². The lowest BCUT2D eigenvalue weighted by Crippen LogP contribution is -2.26. The summed E-state index contributed by atoms with van der Waals surface area (Å²) in [4.78, 5) is 0. The molecule has 1 aliphatic carbocycles. The van der Waals surface area contributed by atoms with Gasteiger partial charge in [0.15, 0.2) is 11.6 Å². The highest BCUT2D eigenvalue weighted by molar-refractivity contribution is 5.65. The molecule has 0 N–H and O–H groups in total. The van der Waals surface area contributed by atoms with E-state index in [2.05, 4.69) is 26.0 Å². The van der Waals surface area contributed by atoms with Gasteiger partial charge in [0.05, 0.1) is 6.61 Å². The molecule has 3 rings (SSSR count). The highest BCUT2D eigenvalue weighted by Crippen LogP contribution is 2.47. The molecule has 28 heavy (non-hydrogen) atoms. The molecule has 1 saturated carbocycles. The van der Waals surface area contributed by atoms with Crippen molar-refractivity contribution >= 4 is 0 Å². The minimum Gasteiger partial charge on any atom is -0.491 e. The van der Waals surface area contributed by atoms with Crippen LogP contribution in [0.4, 0.5) is 8.78 Å². The van der Waals surface area contributed by atoms with Crippen LogP contribution in [-0.4, -0.2) is 6.61 Å². The predicted molar refractivity (Wildman–Crippen MR) is 112 cm³/mol. The molecule has 0 radical (unpaired) electrons. The van der Waals surface area contributed by atoms with Gasteiger partial charge in [-0.15, -0.1) is 0 Å². The summed E-state index contributed by atoms with van der Waals surface area (Å²) in [6.07, 6.45) is 8.90. The molecular formula is C25H32F2O. The van der Waals surface area contributed by atoms with Crippen molar-refractivity contribution in [3.8, 4) is 16.9 Å². The van der Waals surface area contributed by atoms with E-state index in [0.717, 1.165) is 0 Å². The van der Waals surface area contributed by atoms with Crippen LogP contribution in [0.3, 0.4) is 0 Å². The second-order valence-electron chi connectivity index (χ2n) is 8.17. The largest absolute Gasteiger partial charge is 0.491 e. The number of rotatable bonds is 7. The van der Waals surface area contributed by atoms with Gasteiger partial charge in [-0.1, -0.05) is 51.0 Å². The molecule has 1 fully saturated rings. The Hall–Kier alpha value is -1.90. The van der Waals surface area contributed by atoms with Crippen molar-refractivity contribution in [3.05, 3.63) is 53.6 Å². The molecule has 0 unspecified atom stereocenters. The van der Waals surface area contributed by atoms with Crippen LogP contribution < -0.4 is 4.74 Å². The van der Waals surface area contributed by atoms with Crippen LogP contribution in [0.1, 0.15) is 77.2 Å². The lowest BCUT2D eigenvalue weighted by atomic mass is 9.65. The van der Waals surface area contributed by atoms with E-state index < -0.39 is 11.6 Å². The van der Waals surface area contributed by atoms with Crippen molar-refractivity contribution in [1.29, 1.82) is 0 Å². The SMILES string of the molecule is CCCC1(CC)CCC(c2ccc(-c3ccc(OCC)c(F)c3F)cc2)CC1. The van der Waals surface area contributed by atoms with Crippen molar-refractivity contribution < 1.29 is 13.5 Å². The summed E-state index contributed by atoms with van der Waals surface area (Å²) in [6, 6.07) is 11.1. The second kappa shape index (κ2) is 9.07. The fraction of sp³-hybridized carbons (Fsp3) is 0.520. The molecule has 0 aromatic heterocycles. The summed E-state index contributed by atoms with van der Waals surface area (Å²) in [5.74, 6) is -1.22. The Morgan fingerprint density at radius 3 is 2.18 bits per heavy atom. The summed E-state index contributed by atoms with van der Waals surface area (Å²) in [7, 11) is 0. The van der Waals surface area contributed by atoms with Gasteiger partial charge in [0.25, 0.3) is 0 Å². The molecule has 0 aliphatic heterocycles. The molecule has 0 saturated heterocycles. The van der Waals surface area contributed by atoms with Gasteiger partial charge in [-0.3, -0.25) is 0 Å².